The van der Waals surface area contributed by atoms with Gasteiger partial charge in [0.25, 0.3) is 0 Å². The zero-order valence-corrected chi connectivity index (χ0v) is 16.9. The van der Waals surface area contributed by atoms with E-state index < -0.39 is 15.1 Å². The molecule has 0 fully saturated rings. The van der Waals surface area contributed by atoms with Gasteiger partial charge in [-0.15, -0.1) is 0 Å². The predicted molar refractivity (Wildman–Crippen MR) is 111 cm³/mol. The quantitative estimate of drug-likeness (QED) is 0.698. The predicted octanol–water partition coefficient (Wildman–Crippen LogP) is 4.31. The number of nitrogens with one attached hydrogen (secondary N) is 1. The van der Waals surface area contributed by atoms with E-state index in [-0.39, 0.29) is 10.8 Å². The second kappa shape index (κ2) is 7.09. The van der Waals surface area contributed by atoms with Crippen molar-refractivity contribution in [1.29, 1.82) is 0 Å². The highest BCUT2D eigenvalue weighted by atomic mass is 32.2. The number of para-hydroxylation sites is 1. The number of carbonyl (C=O) groups excluding carboxylic acids is 1. The van der Waals surface area contributed by atoms with E-state index in [4.69, 9.17) is 0 Å². The first-order chi connectivity index (χ1) is 13.5. The molecule has 0 spiro atoms. The number of fused-ring (bicyclic) bond motifs is 5. The SMILES string of the molecule is CCCN(CCC)C(=O)C1c2c([nH]c3ccccc23)-c2ccccc2S1(=O)=O. The fourth-order valence-electron chi connectivity index (χ4n) is 4.15. The number of sulfone groups is 1. The third kappa shape index (κ3) is 2.75. The minimum Gasteiger partial charge on any atom is -0.354 e. The Morgan fingerprint density at radius 3 is 2.36 bits per heavy atom. The van der Waals surface area contributed by atoms with E-state index in [9.17, 15) is 13.2 Å². The van der Waals surface area contributed by atoms with Crippen molar-refractivity contribution in [2.45, 2.75) is 36.8 Å². The van der Waals surface area contributed by atoms with Crippen molar-refractivity contribution >= 4 is 26.6 Å². The summed E-state index contributed by atoms with van der Waals surface area (Å²) >= 11 is 0. The van der Waals surface area contributed by atoms with Crippen molar-refractivity contribution in [2.24, 2.45) is 0 Å². The van der Waals surface area contributed by atoms with Crippen LogP contribution in [0, 0.1) is 0 Å². The maximum absolute atomic E-state index is 13.6. The number of carbonyl (C=O) groups is 1. The number of rotatable bonds is 5. The van der Waals surface area contributed by atoms with Gasteiger partial charge in [-0.3, -0.25) is 4.79 Å². The van der Waals surface area contributed by atoms with Crippen molar-refractivity contribution in [1.82, 2.24) is 9.88 Å². The molecule has 3 aromatic rings. The molecular weight excluding hydrogens is 372 g/mol. The van der Waals surface area contributed by atoms with Crippen LogP contribution in [0.2, 0.25) is 0 Å². The summed E-state index contributed by atoms with van der Waals surface area (Å²) in [5, 5.41) is -0.423. The number of aromatic amines is 1. The van der Waals surface area contributed by atoms with Gasteiger partial charge in [-0.05, 0) is 25.0 Å². The molecule has 146 valence electrons. The van der Waals surface area contributed by atoms with E-state index in [1.165, 1.54) is 0 Å². The van der Waals surface area contributed by atoms with E-state index in [2.05, 4.69) is 4.98 Å². The third-order valence-electron chi connectivity index (χ3n) is 5.30. The van der Waals surface area contributed by atoms with E-state index in [1.807, 2.05) is 44.2 Å². The second-order valence-corrected chi connectivity index (χ2v) is 9.21. The van der Waals surface area contributed by atoms with Gasteiger partial charge in [0.1, 0.15) is 0 Å². The van der Waals surface area contributed by atoms with Crippen LogP contribution in [0.25, 0.3) is 22.2 Å². The lowest BCUT2D eigenvalue weighted by Gasteiger charge is -2.30. The summed E-state index contributed by atoms with van der Waals surface area (Å²) in [5.74, 6) is -0.329. The van der Waals surface area contributed by atoms with E-state index in [0.29, 0.717) is 24.2 Å². The van der Waals surface area contributed by atoms with Gasteiger partial charge in [0.15, 0.2) is 15.1 Å². The molecule has 1 amide bonds. The van der Waals surface area contributed by atoms with Crippen LogP contribution in [0.5, 0.6) is 0 Å². The second-order valence-electron chi connectivity index (χ2n) is 7.21. The Morgan fingerprint density at radius 2 is 1.64 bits per heavy atom. The number of amides is 1. The van der Waals surface area contributed by atoms with E-state index >= 15 is 0 Å². The zero-order chi connectivity index (χ0) is 19.9. The molecule has 0 aliphatic carbocycles. The first kappa shape index (κ1) is 18.7. The molecular formula is C22H24N2O3S. The summed E-state index contributed by atoms with van der Waals surface area (Å²) in [6.07, 6.45) is 1.58. The van der Waals surface area contributed by atoms with Gasteiger partial charge >= 0.3 is 0 Å². The average Bonchev–Trinajstić information content (AvgIpc) is 3.07. The van der Waals surface area contributed by atoms with Crippen LogP contribution in [0.1, 0.15) is 37.5 Å². The molecule has 1 aliphatic heterocycles. The molecule has 28 heavy (non-hydrogen) atoms. The third-order valence-corrected chi connectivity index (χ3v) is 7.33. The Hall–Kier alpha value is -2.60. The molecule has 1 unspecified atom stereocenters. The molecule has 0 radical (unpaired) electrons. The zero-order valence-electron chi connectivity index (χ0n) is 16.1. The average molecular weight is 397 g/mol. The van der Waals surface area contributed by atoms with Crippen molar-refractivity contribution in [2.75, 3.05) is 13.1 Å². The number of hydrogen-bond acceptors (Lipinski definition) is 3. The Kier molecular flexibility index (Phi) is 4.75. The van der Waals surface area contributed by atoms with Crippen LogP contribution in [0.15, 0.2) is 53.4 Å². The van der Waals surface area contributed by atoms with Crippen molar-refractivity contribution in [3.8, 4) is 11.3 Å². The standard InChI is InChI=1S/C22H24N2O3S/c1-3-13-24(14-4-2)22(25)21-19-15-9-5-7-11-17(15)23-20(19)16-10-6-8-12-18(16)28(21,26)27/h5-12,21,23H,3-4,13-14H2,1-2H3. The summed E-state index contributed by atoms with van der Waals surface area (Å²) in [5.41, 5.74) is 2.79. The molecule has 6 heteroatoms. The lowest BCUT2D eigenvalue weighted by Crippen LogP contribution is -2.40. The lowest BCUT2D eigenvalue weighted by atomic mass is 10.0. The molecule has 0 bridgehead atoms. The molecule has 0 saturated carbocycles. The molecule has 2 heterocycles. The van der Waals surface area contributed by atoms with Crippen LogP contribution in [-0.4, -0.2) is 37.3 Å². The highest BCUT2D eigenvalue weighted by Gasteiger charge is 2.45. The molecule has 1 N–H and O–H groups in total. The minimum absolute atomic E-state index is 0.223. The molecule has 4 rings (SSSR count). The summed E-state index contributed by atoms with van der Waals surface area (Å²) in [6, 6.07) is 14.5. The summed E-state index contributed by atoms with van der Waals surface area (Å²) in [6.45, 7) is 5.10. The summed E-state index contributed by atoms with van der Waals surface area (Å²) in [7, 11) is -3.85. The topological polar surface area (TPSA) is 70.2 Å². The Morgan fingerprint density at radius 1 is 1.00 bits per heavy atom. The van der Waals surface area contributed by atoms with Gasteiger partial charge in [0.2, 0.25) is 5.91 Å². The molecule has 1 atom stereocenters. The largest absolute Gasteiger partial charge is 0.354 e. The fraction of sp³-hybridized carbons (Fsp3) is 0.318. The van der Waals surface area contributed by atoms with Gasteiger partial charge in [0.05, 0.1) is 10.6 Å². The van der Waals surface area contributed by atoms with Gasteiger partial charge < -0.3 is 9.88 Å². The van der Waals surface area contributed by atoms with Crippen LogP contribution in [-0.2, 0) is 14.6 Å². The van der Waals surface area contributed by atoms with E-state index in [0.717, 1.165) is 29.4 Å². The van der Waals surface area contributed by atoms with Crippen molar-refractivity contribution < 1.29 is 13.2 Å². The maximum Gasteiger partial charge on any atom is 0.245 e. The van der Waals surface area contributed by atoms with Crippen LogP contribution in [0.4, 0.5) is 0 Å². The van der Waals surface area contributed by atoms with Gasteiger partial charge in [-0.25, -0.2) is 8.42 Å². The Bertz CT molecular complexity index is 1140. The summed E-state index contributed by atoms with van der Waals surface area (Å²) in [4.78, 5) is 18.8. The van der Waals surface area contributed by atoms with Gasteiger partial charge in [0, 0.05) is 35.1 Å². The van der Waals surface area contributed by atoms with E-state index in [1.54, 1.807) is 23.1 Å². The lowest BCUT2D eigenvalue weighted by molar-refractivity contribution is -0.131. The number of H-pyrrole nitrogens is 1. The smallest absolute Gasteiger partial charge is 0.245 e. The highest BCUT2D eigenvalue weighted by Crippen LogP contribution is 2.48. The number of aromatic nitrogens is 1. The molecule has 0 saturated heterocycles. The Balaban J connectivity index is 2.01. The molecule has 1 aromatic heterocycles. The summed E-state index contributed by atoms with van der Waals surface area (Å²) < 4.78 is 27.2. The van der Waals surface area contributed by atoms with Crippen LogP contribution < -0.4 is 0 Å². The minimum atomic E-state index is -3.85. The van der Waals surface area contributed by atoms with Gasteiger partial charge in [-0.1, -0.05) is 50.2 Å². The molecule has 1 aliphatic rings. The molecule has 5 nitrogen and oxygen atoms in total. The molecule has 2 aromatic carbocycles. The van der Waals surface area contributed by atoms with Crippen LogP contribution >= 0.6 is 0 Å². The van der Waals surface area contributed by atoms with Crippen molar-refractivity contribution in [3.63, 3.8) is 0 Å². The maximum atomic E-state index is 13.6. The monoisotopic (exact) mass is 396 g/mol. The number of nitrogens with zero attached hydrogens (tertiary/aromatic N) is 1. The van der Waals surface area contributed by atoms with Gasteiger partial charge in [-0.2, -0.15) is 0 Å². The van der Waals surface area contributed by atoms with Crippen molar-refractivity contribution in [3.05, 3.63) is 54.1 Å². The number of hydrogen-bond donors (Lipinski definition) is 1. The van der Waals surface area contributed by atoms with Crippen LogP contribution in [0.3, 0.4) is 0 Å². The number of benzene rings is 2. The first-order valence-corrected chi connectivity index (χ1v) is 11.3. The fourth-order valence-corrected chi connectivity index (χ4v) is 6.11. The first-order valence-electron chi connectivity index (χ1n) is 9.73. The highest BCUT2D eigenvalue weighted by molar-refractivity contribution is 7.92. The normalized spacial score (nSPS) is 17.1. The Labute approximate surface area is 165 Å².